The van der Waals surface area contributed by atoms with E-state index in [-0.39, 0.29) is 39.7 Å². The zero-order valence-electron chi connectivity index (χ0n) is 31.3. The molecule has 0 saturated carbocycles. The Bertz CT molecular complexity index is 2350. The molecule has 0 aliphatic carbocycles. The minimum absolute atomic E-state index is 0.0753. The minimum atomic E-state index is -4.42. The number of carbonyl (C=O) groups excluding carboxylic acids is 4. The Morgan fingerprint density at radius 3 is 1.53 bits per heavy atom. The third-order valence-corrected chi connectivity index (χ3v) is 12.3. The van der Waals surface area contributed by atoms with E-state index < -0.39 is 34.0 Å². The van der Waals surface area contributed by atoms with Gasteiger partial charge in [-0.05, 0) is 104 Å². The highest BCUT2D eigenvalue weighted by molar-refractivity contribution is 8.15. The Hall–Kier alpha value is -5.36. The van der Waals surface area contributed by atoms with E-state index in [0.717, 1.165) is 52.8 Å². The van der Waals surface area contributed by atoms with Crippen molar-refractivity contribution >= 4 is 45.8 Å². The Labute approximate surface area is 341 Å². The van der Waals surface area contributed by atoms with Crippen molar-refractivity contribution in [3.63, 3.8) is 0 Å². The fourth-order valence-corrected chi connectivity index (χ4v) is 9.23. The highest BCUT2D eigenvalue weighted by atomic mass is 32.2. The molecule has 0 spiro atoms. The molecule has 2 fully saturated rings. The van der Waals surface area contributed by atoms with Gasteiger partial charge in [0.05, 0.1) is 24.3 Å². The first-order valence-corrected chi connectivity index (χ1v) is 19.9. The lowest BCUT2D eigenvalue weighted by molar-refractivity contribution is -0.138. The second-order valence-electron chi connectivity index (χ2n) is 14.1. The van der Waals surface area contributed by atoms with Crippen molar-refractivity contribution in [2.75, 3.05) is 13.2 Å². The first-order chi connectivity index (χ1) is 27.8. The van der Waals surface area contributed by atoms with E-state index in [1.807, 2.05) is 0 Å². The van der Waals surface area contributed by atoms with Gasteiger partial charge in [0.15, 0.2) is 0 Å². The van der Waals surface area contributed by atoms with Crippen LogP contribution in [0.3, 0.4) is 0 Å². The zero-order valence-corrected chi connectivity index (χ0v) is 33.0. The molecular weight excluding hydrogens is 827 g/mol. The highest BCUT2D eigenvalue weighted by Crippen LogP contribution is 2.46. The monoisotopic (exact) mass is 860 g/mol. The van der Waals surface area contributed by atoms with Gasteiger partial charge in [0.1, 0.15) is 45.0 Å². The molecule has 2 saturated heterocycles. The smallest absolute Gasteiger partial charge is 0.416 e. The molecule has 4 heterocycles. The van der Waals surface area contributed by atoms with E-state index in [4.69, 9.17) is 18.9 Å². The fraction of sp³-hybridized carbons (Fsp3) is 0.317. The van der Waals surface area contributed by atoms with Gasteiger partial charge in [-0.3, -0.25) is 29.8 Å². The summed E-state index contributed by atoms with van der Waals surface area (Å²) in [5.41, 5.74) is 0.972. The second-order valence-corrected chi connectivity index (χ2v) is 16.4. The standard InChI is InChI=1S/C21H18F3NO4S.C20H16F3NO4S/c1-10-8-16(11(2)7-15(10)21(22,23)24)29-12-3-4-13-14(5-6-28-17(13)9-12)18-19(26)25-20(27)30-18;1-10-8-11(20(21,22)23)2-5-15(10)28-12-3-4-13-14(6-7-27-16(13)9-12)17-18(25)24-19(26)29-17/h3-4,7-9,14,18H,5-6H2,1-2H3,(H,25,26,27);2-5,8-9,14,17H,6-7H2,1H3,(H,24,25,26)/t14-,18?;14-,17?/m11/s1. The Morgan fingerprint density at radius 2 is 1.08 bits per heavy atom. The molecule has 4 atom stereocenters. The maximum atomic E-state index is 13.1. The first-order valence-electron chi connectivity index (χ1n) is 18.1. The average Bonchev–Trinajstić information content (AvgIpc) is 3.69. The van der Waals surface area contributed by atoms with Crippen molar-refractivity contribution in [2.45, 2.75) is 68.3 Å². The number of hydrogen-bond acceptors (Lipinski definition) is 10. The molecule has 4 aliphatic rings. The summed E-state index contributed by atoms with van der Waals surface area (Å²) in [6.07, 6.45) is -7.63. The SMILES string of the molecule is Cc1cc(C(F)(F)F)c(C)cc1Oc1ccc2c(c1)OCC[C@H]2C1SC(=O)NC1=O.Cc1cc(C(F)(F)F)ccc1Oc1ccc2c(c1)OCC[C@H]2C1SC(=O)NC1=O. The fourth-order valence-electron chi connectivity index (χ4n) is 7.22. The number of thioether (sulfide) groups is 2. The lowest BCUT2D eigenvalue weighted by Gasteiger charge is -2.28. The maximum absolute atomic E-state index is 13.1. The summed E-state index contributed by atoms with van der Waals surface area (Å²) >= 11 is 1.96. The van der Waals surface area contributed by atoms with Crippen LogP contribution in [-0.4, -0.2) is 46.0 Å². The summed E-state index contributed by atoms with van der Waals surface area (Å²) in [4.78, 5) is 47.1. The van der Waals surface area contributed by atoms with Crippen LogP contribution in [0.15, 0.2) is 66.7 Å². The minimum Gasteiger partial charge on any atom is -0.493 e. The normalized spacial score (nSPS) is 21.2. The largest absolute Gasteiger partial charge is 0.493 e. The number of halogens is 6. The van der Waals surface area contributed by atoms with Gasteiger partial charge in [0.2, 0.25) is 11.8 Å². The second kappa shape index (κ2) is 16.4. The number of carbonyl (C=O) groups is 4. The molecule has 2 N–H and O–H groups in total. The molecule has 0 radical (unpaired) electrons. The third kappa shape index (κ3) is 9.12. The topological polar surface area (TPSA) is 129 Å². The van der Waals surface area contributed by atoms with Crippen molar-refractivity contribution in [1.82, 2.24) is 10.6 Å². The summed E-state index contributed by atoms with van der Waals surface area (Å²) in [5.74, 6) is 1.58. The maximum Gasteiger partial charge on any atom is 0.416 e. The lowest BCUT2D eigenvalue weighted by atomic mass is 9.89. The quantitative estimate of drug-likeness (QED) is 0.181. The number of ether oxygens (including phenoxy) is 4. The Kier molecular flexibility index (Phi) is 11.6. The predicted molar refractivity (Wildman–Crippen MR) is 206 cm³/mol. The number of hydrogen-bond donors (Lipinski definition) is 2. The summed E-state index contributed by atoms with van der Waals surface area (Å²) < 4.78 is 101. The van der Waals surface area contributed by atoms with Crippen molar-refractivity contribution in [3.05, 3.63) is 106 Å². The molecule has 0 bridgehead atoms. The number of fused-ring (bicyclic) bond motifs is 2. The van der Waals surface area contributed by atoms with Gasteiger partial charge in [-0.25, -0.2) is 0 Å². The summed E-state index contributed by atoms with van der Waals surface area (Å²) in [5, 5.41) is 2.88. The molecule has 4 aromatic carbocycles. The number of rotatable bonds is 6. The van der Waals surface area contributed by atoms with Crippen LogP contribution in [0.5, 0.6) is 34.5 Å². The summed E-state index contributed by atoms with van der Waals surface area (Å²) in [6, 6.07) is 15.9. The van der Waals surface area contributed by atoms with Crippen molar-refractivity contribution in [3.8, 4) is 34.5 Å². The number of aryl methyl sites for hydroxylation is 3. The van der Waals surface area contributed by atoms with Crippen LogP contribution in [0.25, 0.3) is 0 Å². The number of alkyl halides is 6. The van der Waals surface area contributed by atoms with Crippen LogP contribution in [0, 0.1) is 20.8 Å². The van der Waals surface area contributed by atoms with E-state index in [0.29, 0.717) is 71.7 Å². The van der Waals surface area contributed by atoms with Crippen LogP contribution < -0.4 is 29.6 Å². The van der Waals surface area contributed by atoms with Crippen LogP contribution in [0.1, 0.15) is 63.6 Å². The van der Waals surface area contributed by atoms with Gasteiger partial charge in [-0.2, -0.15) is 26.3 Å². The van der Waals surface area contributed by atoms with E-state index in [2.05, 4.69) is 10.6 Å². The lowest BCUT2D eigenvalue weighted by Crippen LogP contribution is -2.31. The van der Waals surface area contributed by atoms with Gasteiger partial charge in [-0.1, -0.05) is 35.7 Å². The molecule has 59 heavy (non-hydrogen) atoms. The summed E-state index contributed by atoms with van der Waals surface area (Å²) in [7, 11) is 0. The zero-order chi connectivity index (χ0) is 42.4. The van der Waals surface area contributed by atoms with Crippen molar-refractivity contribution in [2.24, 2.45) is 0 Å². The van der Waals surface area contributed by atoms with E-state index >= 15 is 0 Å². The van der Waals surface area contributed by atoms with Gasteiger partial charge >= 0.3 is 12.4 Å². The van der Waals surface area contributed by atoms with Gasteiger partial charge in [0, 0.05) is 24.0 Å². The molecule has 0 aromatic heterocycles. The number of amides is 4. The molecule has 10 nitrogen and oxygen atoms in total. The van der Waals surface area contributed by atoms with Crippen LogP contribution >= 0.6 is 23.5 Å². The molecule has 2 unspecified atom stereocenters. The average molecular weight is 861 g/mol. The molecule has 4 amide bonds. The third-order valence-electron chi connectivity index (χ3n) is 10.1. The predicted octanol–water partition coefficient (Wildman–Crippen LogP) is 10.4. The number of benzene rings is 4. The molecular formula is C41H34F6N2O8S2. The van der Waals surface area contributed by atoms with Gasteiger partial charge in [0.25, 0.3) is 10.5 Å². The number of imide groups is 2. The molecule has 4 aliphatic heterocycles. The van der Waals surface area contributed by atoms with Crippen LogP contribution in [0.2, 0.25) is 0 Å². The van der Waals surface area contributed by atoms with Crippen LogP contribution in [-0.2, 0) is 21.9 Å². The molecule has 18 heteroatoms. The Morgan fingerprint density at radius 1 is 0.593 bits per heavy atom. The van der Waals surface area contributed by atoms with E-state index in [1.165, 1.54) is 19.1 Å². The van der Waals surface area contributed by atoms with Gasteiger partial charge < -0.3 is 18.9 Å². The van der Waals surface area contributed by atoms with Crippen molar-refractivity contribution < 1.29 is 64.5 Å². The highest BCUT2D eigenvalue weighted by Gasteiger charge is 2.42. The van der Waals surface area contributed by atoms with E-state index in [9.17, 15) is 45.5 Å². The first kappa shape index (κ1) is 41.8. The Balaban J connectivity index is 0.000000179. The summed E-state index contributed by atoms with van der Waals surface area (Å²) in [6.45, 7) is 5.27. The molecule has 8 rings (SSSR count). The molecule has 4 aromatic rings. The van der Waals surface area contributed by atoms with Crippen LogP contribution in [0.4, 0.5) is 35.9 Å². The molecule has 310 valence electrons. The van der Waals surface area contributed by atoms with Crippen molar-refractivity contribution in [1.29, 1.82) is 0 Å². The van der Waals surface area contributed by atoms with Gasteiger partial charge in [-0.15, -0.1) is 0 Å². The van der Waals surface area contributed by atoms with E-state index in [1.54, 1.807) is 50.2 Å². The number of nitrogens with one attached hydrogen (secondary N) is 2.